The van der Waals surface area contributed by atoms with Crippen molar-refractivity contribution in [1.82, 2.24) is 4.31 Å². The Balaban J connectivity index is 1.55. The summed E-state index contributed by atoms with van der Waals surface area (Å²) in [5, 5.41) is 2.69. The molecule has 0 spiro atoms. The molecule has 144 valence electrons. The Morgan fingerprint density at radius 3 is 2.52 bits per heavy atom. The SMILES string of the molecule is Cc1oc(C(=O)Nc2ccc3c(c2)OCCO3)cc1S(=O)(=O)N1CCCC1. The van der Waals surface area contributed by atoms with Crippen molar-refractivity contribution in [3.8, 4) is 11.5 Å². The van der Waals surface area contributed by atoms with Gasteiger partial charge in [0.1, 0.15) is 23.9 Å². The van der Waals surface area contributed by atoms with E-state index in [4.69, 9.17) is 13.9 Å². The molecule has 1 aromatic carbocycles. The summed E-state index contributed by atoms with van der Waals surface area (Å²) < 4.78 is 43.2. The minimum absolute atomic E-state index is 0.0386. The molecule has 9 heteroatoms. The number of carbonyl (C=O) groups is 1. The van der Waals surface area contributed by atoms with E-state index in [1.54, 1.807) is 25.1 Å². The van der Waals surface area contributed by atoms with Crippen molar-refractivity contribution in [2.75, 3.05) is 31.6 Å². The van der Waals surface area contributed by atoms with Crippen molar-refractivity contribution >= 4 is 21.6 Å². The zero-order valence-electron chi connectivity index (χ0n) is 14.9. The van der Waals surface area contributed by atoms with Crippen molar-refractivity contribution in [2.45, 2.75) is 24.7 Å². The van der Waals surface area contributed by atoms with Crippen LogP contribution in [0.1, 0.15) is 29.2 Å². The quantitative estimate of drug-likeness (QED) is 0.858. The van der Waals surface area contributed by atoms with E-state index < -0.39 is 15.9 Å². The van der Waals surface area contributed by atoms with E-state index in [0.717, 1.165) is 12.8 Å². The van der Waals surface area contributed by atoms with Gasteiger partial charge in [0.05, 0.1) is 0 Å². The number of aryl methyl sites for hydroxylation is 1. The zero-order chi connectivity index (χ0) is 19.0. The number of furan rings is 1. The maximum atomic E-state index is 12.7. The lowest BCUT2D eigenvalue weighted by atomic mass is 10.2. The maximum Gasteiger partial charge on any atom is 0.291 e. The molecule has 0 aliphatic carbocycles. The number of hydrogen-bond donors (Lipinski definition) is 1. The molecule has 0 saturated carbocycles. The number of fused-ring (bicyclic) bond motifs is 1. The van der Waals surface area contributed by atoms with Crippen molar-refractivity contribution in [2.24, 2.45) is 0 Å². The number of amides is 1. The fraction of sp³-hybridized carbons (Fsp3) is 0.389. The summed E-state index contributed by atoms with van der Waals surface area (Å²) in [7, 11) is -3.64. The molecule has 1 aromatic heterocycles. The maximum absolute atomic E-state index is 12.7. The van der Waals surface area contributed by atoms with E-state index in [-0.39, 0.29) is 16.4 Å². The zero-order valence-corrected chi connectivity index (χ0v) is 15.7. The number of benzene rings is 1. The molecular formula is C18H20N2O6S. The third-order valence-electron chi connectivity index (χ3n) is 4.58. The summed E-state index contributed by atoms with van der Waals surface area (Å²) >= 11 is 0. The number of anilines is 1. The Kier molecular flexibility index (Phi) is 4.56. The number of hydrogen-bond acceptors (Lipinski definition) is 6. The predicted octanol–water partition coefficient (Wildman–Crippen LogP) is 2.40. The highest BCUT2D eigenvalue weighted by atomic mass is 32.2. The van der Waals surface area contributed by atoms with Gasteiger partial charge in [0.15, 0.2) is 17.3 Å². The topological polar surface area (TPSA) is 98.1 Å². The van der Waals surface area contributed by atoms with Crippen LogP contribution in [-0.4, -0.2) is 44.9 Å². The molecule has 3 heterocycles. The minimum atomic E-state index is -3.64. The van der Waals surface area contributed by atoms with Crippen LogP contribution in [0.15, 0.2) is 33.6 Å². The van der Waals surface area contributed by atoms with E-state index in [2.05, 4.69) is 5.32 Å². The summed E-state index contributed by atoms with van der Waals surface area (Å²) in [6.07, 6.45) is 1.68. The molecule has 1 amide bonds. The van der Waals surface area contributed by atoms with Crippen LogP contribution in [-0.2, 0) is 10.0 Å². The van der Waals surface area contributed by atoms with Crippen LogP contribution in [0, 0.1) is 6.92 Å². The third kappa shape index (κ3) is 3.40. The monoisotopic (exact) mass is 392 g/mol. The van der Waals surface area contributed by atoms with Gasteiger partial charge in [-0.25, -0.2) is 8.42 Å². The van der Waals surface area contributed by atoms with Crippen molar-refractivity contribution in [1.29, 1.82) is 0 Å². The van der Waals surface area contributed by atoms with E-state index in [9.17, 15) is 13.2 Å². The summed E-state index contributed by atoms with van der Waals surface area (Å²) in [4.78, 5) is 12.5. The van der Waals surface area contributed by atoms with Crippen molar-refractivity contribution in [3.63, 3.8) is 0 Å². The van der Waals surface area contributed by atoms with E-state index >= 15 is 0 Å². The number of nitrogens with one attached hydrogen (secondary N) is 1. The normalized spacial score (nSPS) is 17.1. The van der Waals surface area contributed by atoms with Gasteiger partial charge in [0, 0.05) is 30.9 Å². The summed E-state index contributed by atoms with van der Waals surface area (Å²) in [5.74, 6) is 0.783. The average Bonchev–Trinajstić information content (AvgIpc) is 3.32. The highest BCUT2D eigenvalue weighted by molar-refractivity contribution is 7.89. The highest BCUT2D eigenvalue weighted by Gasteiger charge is 2.31. The third-order valence-corrected chi connectivity index (χ3v) is 6.59. The molecule has 2 aliphatic rings. The number of nitrogens with zero attached hydrogens (tertiary/aromatic N) is 1. The lowest BCUT2D eigenvalue weighted by molar-refractivity contribution is 0.0995. The van der Waals surface area contributed by atoms with Crippen molar-refractivity contribution < 1.29 is 27.1 Å². The fourth-order valence-corrected chi connectivity index (χ4v) is 4.89. The Morgan fingerprint density at radius 1 is 1.07 bits per heavy atom. The molecular weight excluding hydrogens is 372 g/mol. The number of sulfonamides is 1. The molecule has 27 heavy (non-hydrogen) atoms. The van der Waals surface area contributed by atoms with Gasteiger partial charge in [0.25, 0.3) is 5.91 Å². The molecule has 2 aliphatic heterocycles. The molecule has 1 fully saturated rings. The van der Waals surface area contributed by atoms with Gasteiger partial charge in [-0.2, -0.15) is 4.31 Å². The molecule has 2 aromatic rings. The van der Waals surface area contributed by atoms with Crippen LogP contribution in [0.4, 0.5) is 5.69 Å². The van der Waals surface area contributed by atoms with E-state index in [1.807, 2.05) is 0 Å². The lowest BCUT2D eigenvalue weighted by Crippen LogP contribution is -2.28. The smallest absolute Gasteiger partial charge is 0.291 e. The second-order valence-corrected chi connectivity index (χ2v) is 8.36. The first-order valence-electron chi connectivity index (χ1n) is 8.77. The Labute approximate surface area is 157 Å². The summed E-state index contributed by atoms with van der Waals surface area (Å²) in [6, 6.07) is 6.34. The minimum Gasteiger partial charge on any atom is -0.486 e. The molecule has 8 nitrogen and oxygen atoms in total. The van der Waals surface area contributed by atoms with Gasteiger partial charge < -0.3 is 19.2 Å². The van der Waals surface area contributed by atoms with E-state index in [1.165, 1.54) is 10.4 Å². The summed E-state index contributed by atoms with van der Waals surface area (Å²) in [6.45, 7) is 3.46. The standard InChI is InChI=1S/C18H20N2O6S/c1-12-17(27(22,23)20-6-2-3-7-20)11-16(26-12)18(21)19-13-4-5-14-15(10-13)25-9-8-24-14/h4-5,10-11H,2-3,6-9H2,1H3,(H,19,21). The summed E-state index contributed by atoms with van der Waals surface area (Å²) in [5.41, 5.74) is 0.502. The Bertz CT molecular complexity index is 976. The van der Waals surface area contributed by atoms with Gasteiger partial charge in [-0.05, 0) is 31.9 Å². The average molecular weight is 392 g/mol. The molecule has 0 atom stereocenters. The molecule has 0 radical (unpaired) electrons. The van der Waals surface area contributed by atoms with E-state index in [0.29, 0.717) is 43.5 Å². The largest absolute Gasteiger partial charge is 0.486 e. The molecule has 1 N–H and O–H groups in total. The Hall–Kier alpha value is -2.52. The fourth-order valence-electron chi connectivity index (χ4n) is 3.21. The molecule has 0 unspecified atom stereocenters. The first-order valence-corrected chi connectivity index (χ1v) is 10.2. The van der Waals surface area contributed by atoms with Gasteiger partial charge in [-0.3, -0.25) is 4.79 Å². The second-order valence-electron chi connectivity index (χ2n) is 6.45. The van der Waals surface area contributed by atoms with Crippen LogP contribution in [0.5, 0.6) is 11.5 Å². The highest BCUT2D eigenvalue weighted by Crippen LogP contribution is 2.33. The number of rotatable bonds is 4. The van der Waals surface area contributed by atoms with Crippen LogP contribution in [0.3, 0.4) is 0 Å². The van der Waals surface area contributed by atoms with Gasteiger partial charge in [-0.1, -0.05) is 0 Å². The molecule has 1 saturated heterocycles. The number of carbonyl (C=O) groups excluding carboxylic acids is 1. The van der Waals surface area contributed by atoms with Crippen molar-refractivity contribution in [3.05, 3.63) is 35.8 Å². The Morgan fingerprint density at radius 2 is 1.78 bits per heavy atom. The molecule has 4 rings (SSSR count). The second kappa shape index (κ2) is 6.90. The first kappa shape index (κ1) is 17.9. The predicted molar refractivity (Wildman–Crippen MR) is 96.8 cm³/mol. The lowest BCUT2D eigenvalue weighted by Gasteiger charge is -2.18. The number of ether oxygens (including phenoxy) is 2. The van der Waals surface area contributed by atoms with Gasteiger partial charge >= 0.3 is 0 Å². The van der Waals surface area contributed by atoms with Crippen LogP contribution >= 0.6 is 0 Å². The van der Waals surface area contributed by atoms with Gasteiger partial charge in [-0.15, -0.1) is 0 Å². The molecule has 0 bridgehead atoms. The van der Waals surface area contributed by atoms with Crippen LogP contribution < -0.4 is 14.8 Å². The van der Waals surface area contributed by atoms with Crippen LogP contribution in [0.25, 0.3) is 0 Å². The van der Waals surface area contributed by atoms with Gasteiger partial charge in [0.2, 0.25) is 10.0 Å². The first-order chi connectivity index (χ1) is 12.9. The van der Waals surface area contributed by atoms with Crippen LogP contribution in [0.2, 0.25) is 0 Å².